The van der Waals surface area contributed by atoms with Crippen molar-refractivity contribution in [3.05, 3.63) is 0 Å². The second kappa shape index (κ2) is 12.5. The Kier molecular flexibility index (Phi) is 11.2. The van der Waals surface area contributed by atoms with E-state index in [1.165, 1.54) is 0 Å². The van der Waals surface area contributed by atoms with Crippen LogP contribution in [0.15, 0.2) is 4.99 Å². The van der Waals surface area contributed by atoms with Gasteiger partial charge in [-0.05, 0) is 0 Å². The minimum atomic E-state index is -0.378. The van der Waals surface area contributed by atoms with Gasteiger partial charge in [0.15, 0.2) is 5.96 Å². The van der Waals surface area contributed by atoms with Crippen LogP contribution in [0.3, 0.4) is 0 Å². The number of carbonyl (C=O) groups excluding carboxylic acids is 2. The topological polar surface area (TPSA) is 89.5 Å². The Hall–Kier alpha value is -1.14. The Morgan fingerprint density at radius 3 is 2.07 bits per heavy atom. The number of piperazine rings is 1. The third-order valence-electron chi connectivity index (χ3n) is 4.98. The lowest BCUT2D eigenvalue weighted by atomic mass is 9.96. The number of amides is 2. The van der Waals surface area contributed by atoms with Crippen molar-refractivity contribution in [2.75, 3.05) is 79.2 Å². The number of ether oxygens (including phenoxy) is 1. The number of morpholine rings is 1. The van der Waals surface area contributed by atoms with Gasteiger partial charge >= 0.3 is 0 Å². The largest absolute Gasteiger partial charge is 0.378 e. The molecule has 10 heteroatoms. The van der Waals surface area contributed by atoms with E-state index < -0.39 is 0 Å². The summed E-state index contributed by atoms with van der Waals surface area (Å²) in [5, 5.41) is 6.24. The molecule has 2 heterocycles. The summed E-state index contributed by atoms with van der Waals surface area (Å²) in [5.74, 6) is 1.07. The van der Waals surface area contributed by atoms with E-state index in [0.717, 1.165) is 32.1 Å². The smallest absolute Gasteiger partial charge is 0.236 e. The number of nitrogens with zero attached hydrogens (tertiary/aromatic N) is 4. The number of aliphatic imine (C=N–C) groups is 1. The number of carbonyl (C=O) groups is 2. The molecular weight excluding hydrogens is 487 g/mol. The maximum absolute atomic E-state index is 12.4. The van der Waals surface area contributed by atoms with Crippen molar-refractivity contribution in [2.24, 2.45) is 10.4 Å². The van der Waals surface area contributed by atoms with Gasteiger partial charge in [-0.15, -0.1) is 24.0 Å². The Bertz CT molecular complexity index is 553. The highest BCUT2D eigenvalue weighted by Crippen LogP contribution is 2.11. The van der Waals surface area contributed by atoms with Crippen LogP contribution in [0.2, 0.25) is 0 Å². The molecule has 0 spiro atoms. The zero-order valence-electron chi connectivity index (χ0n) is 18.2. The van der Waals surface area contributed by atoms with Crippen LogP contribution < -0.4 is 10.6 Å². The van der Waals surface area contributed by atoms with Gasteiger partial charge in [-0.2, -0.15) is 0 Å². The first-order valence-electron chi connectivity index (χ1n) is 10.1. The first-order valence-corrected chi connectivity index (χ1v) is 10.1. The number of hydrogen-bond donors (Lipinski definition) is 2. The van der Waals surface area contributed by atoms with Crippen LogP contribution in [0.25, 0.3) is 0 Å². The fourth-order valence-corrected chi connectivity index (χ4v) is 3.17. The van der Waals surface area contributed by atoms with E-state index >= 15 is 0 Å². The second-order valence-electron chi connectivity index (χ2n) is 8.24. The molecule has 0 unspecified atom stereocenters. The maximum atomic E-state index is 12.4. The van der Waals surface area contributed by atoms with E-state index in [2.05, 4.69) is 25.4 Å². The average Bonchev–Trinajstić information content (AvgIpc) is 2.68. The van der Waals surface area contributed by atoms with E-state index in [4.69, 9.17) is 4.74 Å². The Morgan fingerprint density at radius 1 is 0.931 bits per heavy atom. The molecule has 2 saturated heterocycles. The van der Waals surface area contributed by atoms with Crippen LogP contribution >= 0.6 is 24.0 Å². The van der Waals surface area contributed by atoms with Crippen molar-refractivity contribution in [3.63, 3.8) is 0 Å². The van der Waals surface area contributed by atoms with Crippen LogP contribution in [0, 0.1) is 5.41 Å². The summed E-state index contributed by atoms with van der Waals surface area (Å²) < 4.78 is 5.31. The van der Waals surface area contributed by atoms with Gasteiger partial charge in [0.05, 0.1) is 19.8 Å². The molecule has 0 aromatic carbocycles. The van der Waals surface area contributed by atoms with Crippen molar-refractivity contribution in [3.8, 4) is 0 Å². The van der Waals surface area contributed by atoms with E-state index in [1.807, 2.05) is 25.7 Å². The normalized spacial score (nSPS) is 18.8. The van der Waals surface area contributed by atoms with Crippen LogP contribution in [0.5, 0.6) is 0 Å². The summed E-state index contributed by atoms with van der Waals surface area (Å²) in [6.45, 7) is 13.3. The number of guanidine groups is 1. The van der Waals surface area contributed by atoms with Crippen LogP contribution in [0.1, 0.15) is 20.8 Å². The molecule has 2 amide bonds. The zero-order chi connectivity index (χ0) is 20.6. The average molecular weight is 524 g/mol. The minimum Gasteiger partial charge on any atom is -0.378 e. The van der Waals surface area contributed by atoms with Crippen molar-refractivity contribution < 1.29 is 14.3 Å². The first kappa shape index (κ1) is 25.9. The molecule has 2 aliphatic rings. The molecule has 0 atom stereocenters. The van der Waals surface area contributed by atoms with Gasteiger partial charge < -0.3 is 25.2 Å². The van der Waals surface area contributed by atoms with Crippen molar-refractivity contribution in [1.82, 2.24) is 25.3 Å². The predicted molar refractivity (Wildman–Crippen MR) is 125 cm³/mol. The lowest BCUT2D eigenvalue weighted by Crippen LogP contribution is -2.55. The second-order valence-corrected chi connectivity index (χ2v) is 8.24. The molecule has 0 aliphatic carbocycles. The molecule has 2 rings (SSSR count). The molecule has 9 nitrogen and oxygen atoms in total. The third-order valence-corrected chi connectivity index (χ3v) is 4.98. The number of nitrogens with one attached hydrogen (secondary N) is 2. The van der Waals surface area contributed by atoms with Gasteiger partial charge in [-0.1, -0.05) is 20.8 Å². The van der Waals surface area contributed by atoms with E-state index in [-0.39, 0.29) is 41.2 Å². The van der Waals surface area contributed by atoms with Gasteiger partial charge in [-0.25, -0.2) is 0 Å². The Balaban J connectivity index is 0.00000420. The number of hydrogen-bond acceptors (Lipinski definition) is 5. The fraction of sp³-hybridized carbons (Fsp3) is 0.842. The Morgan fingerprint density at radius 2 is 1.52 bits per heavy atom. The molecule has 29 heavy (non-hydrogen) atoms. The zero-order valence-corrected chi connectivity index (χ0v) is 20.5. The summed E-state index contributed by atoms with van der Waals surface area (Å²) in [5.41, 5.74) is -0.378. The molecule has 2 aliphatic heterocycles. The third kappa shape index (κ3) is 8.63. The highest BCUT2D eigenvalue weighted by atomic mass is 127. The number of rotatable bonds is 5. The summed E-state index contributed by atoms with van der Waals surface area (Å²) in [6.07, 6.45) is 0. The quantitative estimate of drug-likeness (QED) is 0.225. The molecule has 168 valence electrons. The van der Waals surface area contributed by atoms with E-state index in [0.29, 0.717) is 45.9 Å². The highest BCUT2D eigenvalue weighted by Gasteiger charge is 2.24. The van der Waals surface area contributed by atoms with Gasteiger partial charge in [0.2, 0.25) is 11.8 Å². The van der Waals surface area contributed by atoms with Crippen LogP contribution in [-0.4, -0.2) is 112 Å². The molecule has 2 fully saturated rings. The lowest BCUT2D eigenvalue weighted by molar-refractivity contribution is -0.136. The lowest BCUT2D eigenvalue weighted by Gasteiger charge is -2.37. The van der Waals surface area contributed by atoms with Crippen molar-refractivity contribution in [2.45, 2.75) is 20.8 Å². The highest BCUT2D eigenvalue weighted by molar-refractivity contribution is 14.0. The predicted octanol–water partition coefficient (Wildman–Crippen LogP) is -0.181. The summed E-state index contributed by atoms with van der Waals surface area (Å²) in [4.78, 5) is 34.9. The van der Waals surface area contributed by atoms with Gasteiger partial charge in [-0.3, -0.25) is 19.5 Å². The van der Waals surface area contributed by atoms with Gasteiger partial charge in [0.25, 0.3) is 0 Å². The molecule has 0 aromatic heterocycles. The minimum absolute atomic E-state index is 0. The summed E-state index contributed by atoms with van der Waals surface area (Å²) >= 11 is 0. The first-order chi connectivity index (χ1) is 13.3. The van der Waals surface area contributed by atoms with Crippen LogP contribution in [0.4, 0.5) is 0 Å². The molecule has 0 radical (unpaired) electrons. The molecule has 0 saturated carbocycles. The number of halogens is 1. The van der Waals surface area contributed by atoms with E-state index in [1.54, 1.807) is 7.05 Å². The van der Waals surface area contributed by atoms with E-state index in [9.17, 15) is 9.59 Å². The molecule has 0 aromatic rings. The van der Waals surface area contributed by atoms with Gasteiger partial charge in [0, 0.05) is 64.8 Å². The molecule has 0 bridgehead atoms. The van der Waals surface area contributed by atoms with Crippen molar-refractivity contribution >= 4 is 41.8 Å². The fourth-order valence-electron chi connectivity index (χ4n) is 3.17. The summed E-state index contributed by atoms with van der Waals surface area (Å²) in [6, 6.07) is 0. The maximum Gasteiger partial charge on any atom is 0.236 e. The standard InChI is InChI=1S/C19H36N6O3.HI/c1-19(2,3)17(27)21-5-6-22-18(20-4)25-9-7-23(8-10-25)15-16(26)24-11-13-28-14-12-24;/h5-15H2,1-4H3,(H,20,22)(H,21,27);1H. The molecule has 2 N–H and O–H groups in total. The SMILES string of the molecule is CN=C(NCCNC(=O)C(C)(C)C)N1CCN(CC(=O)N2CCOCC2)CC1.I. The van der Waals surface area contributed by atoms with Crippen LogP contribution in [-0.2, 0) is 14.3 Å². The summed E-state index contributed by atoms with van der Waals surface area (Å²) in [7, 11) is 1.77. The monoisotopic (exact) mass is 524 g/mol. The van der Waals surface area contributed by atoms with Gasteiger partial charge in [0.1, 0.15) is 0 Å². The molecular formula is C19H37IN6O3. The Labute approximate surface area is 191 Å². The van der Waals surface area contributed by atoms with Crippen molar-refractivity contribution in [1.29, 1.82) is 0 Å².